The van der Waals surface area contributed by atoms with E-state index < -0.39 is 5.41 Å². The van der Waals surface area contributed by atoms with E-state index in [1.165, 1.54) is 0 Å². The van der Waals surface area contributed by atoms with Gasteiger partial charge in [0.1, 0.15) is 12.3 Å². The topological polar surface area (TPSA) is 71.1 Å². The number of anilines is 1. The summed E-state index contributed by atoms with van der Waals surface area (Å²) in [6.07, 6.45) is 2.31. The highest BCUT2D eigenvalue weighted by Gasteiger charge is 2.60. The first-order chi connectivity index (χ1) is 16.1. The lowest BCUT2D eigenvalue weighted by Crippen LogP contribution is -2.47. The van der Waals surface area contributed by atoms with Gasteiger partial charge in [-0.3, -0.25) is 14.5 Å². The van der Waals surface area contributed by atoms with E-state index >= 15 is 0 Å². The van der Waals surface area contributed by atoms with Gasteiger partial charge in [0.25, 0.3) is 0 Å². The van der Waals surface area contributed by atoms with Gasteiger partial charge >= 0.3 is 0 Å². The molecule has 0 aromatic heterocycles. The van der Waals surface area contributed by atoms with E-state index in [0.29, 0.717) is 32.6 Å². The number of methoxy groups -OCH3 is 1. The minimum atomic E-state index is -0.729. The van der Waals surface area contributed by atoms with Crippen LogP contribution >= 0.6 is 0 Å². The minimum absolute atomic E-state index is 0.0153. The molecule has 2 amide bonds. The summed E-state index contributed by atoms with van der Waals surface area (Å²) in [5, 5.41) is 2.94. The zero-order chi connectivity index (χ0) is 22.8. The van der Waals surface area contributed by atoms with Crippen LogP contribution in [0.1, 0.15) is 36.4 Å². The van der Waals surface area contributed by atoms with Crippen LogP contribution in [-0.2, 0) is 19.7 Å². The SMILES string of the molecule is COCCCN1CC[C@]23C(=O)N(CC(=O)NCCCOc4cccc(c4)[C@H]12)c1ccccc13. The van der Waals surface area contributed by atoms with Crippen molar-refractivity contribution in [3.05, 3.63) is 59.7 Å². The van der Waals surface area contributed by atoms with Gasteiger partial charge in [0.15, 0.2) is 0 Å². The van der Waals surface area contributed by atoms with Crippen LogP contribution in [0, 0.1) is 0 Å². The van der Waals surface area contributed by atoms with Gasteiger partial charge in [-0.1, -0.05) is 30.3 Å². The van der Waals surface area contributed by atoms with E-state index in [9.17, 15) is 9.59 Å². The number of nitrogens with one attached hydrogen (secondary N) is 1. The number of fused-ring (bicyclic) bond motifs is 6. The molecule has 0 saturated carbocycles. The molecule has 2 aromatic rings. The number of likely N-dealkylation sites (tertiary alicyclic amines) is 1. The van der Waals surface area contributed by atoms with E-state index in [4.69, 9.17) is 9.47 Å². The normalized spacial score (nSPS) is 25.1. The predicted octanol–water partition coefficient (Wildman–Crippen LogP) is 2.65. The largest absolute Gasteiger partial charge is 0.494 e. The first-order valence-electron chi connectivity index (χ1n) is 11.8. The third-order valence-corrected chi connectivity index (χ3v) is 7.11. The zero-order valence-corrected chi connectivity index (χ0v) is 19.1. The number of amides is 2. The maximum absolute atomic E-state index is 14.2. The van der Waals surface area contributed by atoms with Crippen molar-refractivity contribution in [2.45, 2.75) is 30.7 Å². The van der Waals surface area contributed by atoms with E-state index in [1.807, 2.05) is 30.3 Å². The summed E-state index contributed by atoms with van der Waals surface area (Å²) in [7, 11) is 1.72. The van der Waals surface area contributed by atoms with Gasteiger partial charge in [0, 0.05) is 39.0 Å². The van der Waals surface area contributed by atoms with Gasteiger partial charge in [-0.15, -0.1) is 0 Å². The molecule has 7 heteroatoms. The van der Waals surface area contributed by atoms with Crippen LogP contribution in [0.2, 0.25) is 0 Å². The molecule has 3 aliphatic rings. The molecule has 1 saturated heterocycles. The Morgan fingerprint density at radius 3 is 2.94 bits per heavy atom. The van der Waals surface area contributed by atoms with Gasteiger partial charge in [-0.05, 0) is 48.6 Å². The second kappa shape index (κ2) is 9.15. The molecule has 1 spiro atoms. The molecule has 33 heavy (non-hydrogen) atoms. The van der Waals surface area contributed by atoms with Crippen LogP contribution in [0.15, 0.2) is 48.5 Å². The lowest BCUT2D eigenvalue weighted by atomic mass is 9.72. The Kier molecular flexibility index (Phi) is 6.08. The lowest BCUT2D eigenvalue weighted by molar-refractivity contribution is -0.127. The summed E-state index contributed by atoms with van der Waals surface area (Å²) in [6, 6.07) is 16.0. The van der Waals surface area contributed by atoms with E-state index in [2.05, 4.69) is 28.4 Å². The quantitative estimate of drug-likeness (QED) is 0.727. The van der Waals surface area contributed by atoms with Crippen molar-refractivity contribution in [3.8, 4) is 5.75 Å². The maximum atomic E-state index is 14.2. The Hall–Kier alpha value is -2.90. The number of carbonyl (C=O) groups excluding carboxylic acids is 2. The number of hydrogen-bond donors (Lipinski definition) is 1. The average Bonchev–Trinajstić information content (AvgIpc) is 3.31. The summed E-state index contributed by atoms with van der Waals surface area (Å²) < 4.78 is 11.3. The lowest BCUT2D eigenvalue weighted by Gasteiger charge is -2.35. The van der Waals surface area contributed by atoms with Gasteiger partial charge in [-0.25, -0.2) is 0 Å². The Balaban J connectivity index is 1.65. The molecule has 4 bridgehead atoms. The molecular weight excluding hydrogens is 418 g/mol. The second-order valence-electron chi connectivity index (χ2n) is 9.04. The summed E-state index contributed by atoms with van der Waals surface area (Å²) >= 11 is 0. The van der Waals surface area contributed by atoms with Crippen molar-refractivity contribution in [3.63, 3.8) is 0 Å². The van der Waals surface area contributed by atoms with Crippen molar-refractivity contribution in [1.29, 1.82) is 0 Å². The van der Waals surface area contributed by atoms with Crippen molar-refractivity contribution in [2.24, 2.45) is 0 Å². The number of hydrogen-bond acceptors (Lipinski definition) is 5. The fourth-order valence-corrected chi connectivity index (χ4v) is 5.72. The highest BCUT2D eigenvalue weighted by atomic mass is 16.5. The summed E-state index contributed by atoms with van der Waals surface area (Å²) in [5.74, 6) is 0.670. The summed E-state index contributed by atoms with van der Waals surface area (Å²) in [4.78, 5) is 31.0. The van der Waals surface area contributed by atoms with Gasteiger partial charge < -0.3 is 19.7 Å². The Morgan fingerprint density at radius 1 is 1.18 bits per heavy atom. The van der Waals surface area contributed by atoms with E-state index in [0.717, 1.165) is 42.1 Å². The van der Waals surface area contributed by atoms with Crippen LogP contribution in [-0.4, -0.2) is 63.2 Å². The average molecular weight is 450 g/mol. The third-order valence-electron chi connectivity index (χ3n) is 7.11. The van der Waals surface area contributed by atoms with Gasteiger partial charge in [0.05, 0.1) is 18.1 Å². The molecule has 0 unspecified atom stereocenters. The highest BCUT2D eigenvalue weighted by Crippen LogP contribution is 2.56. The van der Waals surface area contributed by atoms with Crippen LogP contribution in [0.5, 0.6) is 5.75 Å². The smallest absolute Gasteiger partial charge is 0.240 e. The standard InChI is InChI=1S/C26H31N3O4/c1-32-15-6-13-28-14-11-26-21-9-2-3-10-22(21)29(25(26)31)18-23(30)27-12-5-16-33-20-8-4-7-19(17-20)24(26)28/h2-4,7-10,17,24H,5-6,11-16,18H2,1H3,(H,27,30)/t24-,26+/m0/s1. The van der Waals surface area contributed by atoms with E-state index in [1.54, 1.807) is 12.0 Å². The van der Waals surface area contributed by atoms with Gasteiger partial charge in [0.2, 0.25) is 11.8 Å². The molecule has 1 N–H and O–H groups in total. The Labute approximate surface area is 194 Å². The Bertz CT molecular complexity index is 1040. The Morgan fingerprint density at radius 2 is 2.06 bits per heavy atom. The van der Waals surface area contributed by atoms with Crippen molar-refractivity contribution < 1.29 is 19.1 Å². The molecule has 7 nitrogen and oxygen atoms in total. The van der Waals surface area contributed by atoms with Crippen LogP contribution in [0.4, 0.5) is 5.69 Å². The number of carbonyl (C=O) groups is 2. The number of nitrogens with zero attached hydrogens (tertiary/aromatic N) is 2. The first kappa shape index (κ1) is 21.9. The van der Waals surface area contributed by atoms with Crippen LogP contribution in [0.3, 0.4) is 0 Å². The third kappa shape index (κ3) is 3.79. The summed E-state index contributed by atoms with van der Waals surface area (Å²) in [6.45, 7) is 3.40. The van der Waals surface area contributed by atoms with Crippen molar-refractivity contribution in [1.82, 2.24) is 10.2 Å². The van der Waals surface area contributed by atoms with Crippen LogP contribution in [0.25, 0.3) is 0 Å². The number of ether oxygens (including phenoxy) is 2. The molecule has 1 fully saturated rings. The zero-order valence-electron chi connectivity index (χ0n) is 19.1. The second-order valence-corrected chi connectivity index (χ2v) is 9.04. The van der Waals surface area contributed by atoms with Crippen molar-refractivity contribution >= 4 is 17.5 Å². The maximum Gasteiger partial charge on any atom is 0.240 e. The molecule has 0 radical (unpaired) electrons. The predicted molar refractivity (Wildman–Crippen MR) is 125 cm³/mol. The minimum Gasteiger partial charge on any atom is -0.494 e. The highest BCUT2D eigenvalue weighted by molar-refractivity contribution is 6.11. The molecule has 2 atom stereocenters. The van der Waals surface area contributed by atoms with Crippen LogP contribution < -0.4 is 15.0 Å². The fourth-order valence-electron chi connectivity index (χ4n) is 5.72. The monoisotopic (exact) mass is 449 g/mol. The van der Waals surface area contributed by atoms with E-state index in [-0.39, 0.29) is 24.4 Å². The molecule has 3 aliphatic heterocycles. The van der Waals surface area contributed by atoms with Crippen molar-refractivity contribution in [2.75, 3.05) is 51.4 Å². The van der Waals surface area contributed by atoms with Gasteiger partial charge in [-0.2, -0.15) is 0 Å². The molecular formula is C26H31N3O4. The summed E-state index contributed by atoms with van der Waals surface area (Å²) in [5.41, 5.74) is 2.22. The molecule has 0 aliphatic carbocycles. The number of benzene rings is 2. The number of para-hydroxylation sites is 1. The molecule has 3 heterocycles. The number of rotatable bonds is 4. The molecule has 2 aromatic carbocycles. The fraction of sp³-hybridized carbons (Fsp3) is 0.462. The first-order valence-corrected chi connectivity index (χ1v) is 11.8. The molecule has 5 rings (SSSR count). The molecule has 174 valence electrons.